The zero-order chi connectivity index (χ0) is 14.2. The highest BCUT2D eigenvalue weighted by Gasteiger charge is 2.34. The van der Waals surface area contributed by atoms with Gasteiger partial charge in [-0.25, -0.2) is 15.0 Å². The van der Waals surface area contributed by atoms with Crippen LogP contribution in [0, 0.1) is 0 Å². The molecule has 0 aliphatic heterocycles. The van der Waals surface area contributed by atoms with Gasteiger partial charge in [-0.2, -0.15) is 13.2 Å². The smallest absolute Gasteiger partial charge is 0.364 e. The number of hydrogen-bond donors (Lipinski definition) is 1. The third-order valence-corrected chi connectivity index (χ3v) is 2.31. The van der Waals surface area contributed by atoms with Gasteiger partial charge in [0.15, 0.2) is 5.82 Å². The van der Waals surface area contributed by atoms with Crippen molar-refractivity contribution in [2.45, 2.75) is 6.18 Å². The van der Waals surface area contributed by atoms with Gasteiger partial charge >= 0.3 is 6.18 Å². The number of nitrogens with zero attached hydrogens (tertiary/aromatic N) is 4. The van der Waals surface area contributed by atoms with Crippen LogP contribution in [-0.4, -0.2) is 25.4 Å². The molecule has 0 spiro atoms. The molecule has 1 amide bonds. The molecule has 0 unspecified atom stereocenters. The van der Waals surface area contributed by atoms with Crippen molar-refractivity contribution in [1.29, 1.82) is 0 Å². The average Bonchev–Trinajstić information content (AvgIpc) is 2.73. The van der Waals surface area contributed by atoms with E-state index in [-0.39, 0.29) is 11.5 Å². The second kappa shape index (κ2) is 4.34. The standard InChI is InChI=1S/C10H8F3N5O/c1-18-4-15-3-6(18)9-16-5(8(14)19)2-7(17-9)10(11,12)13/h2-4H,1H3,(H2,14,19). The summed E-state index contributed by atoms with van der Waals surface area (Å²) in [6, 6.07) is 0.516. The van der Waals surface area contributed by atoms with E-state index in [1.807, 2.05) is 0 Å². The van der Waals surface area contributed by atoms with Gasteiger partial charge in [-0.15, -0.1) is 0 Å². The van der Waals surface area contributed by atoms with E-state index in [0.29, 0.717) is 6.07 Å². The largest absolute Gasteiger partial charge is 0.433 e. The molecular weight excluding hydrogens is 263 g/mol. The van der Waals surface area contributed by atoms with Gasteiger partial charge in [0.05, 0.1) is 12.5 Å². The molecule has 6 nitrogen and oxygen atoms in total. The molecule has 2 rings (SSSR count). The van der Waals surface area contributed by atoms with E-state index < -0.39 is 23.5 Å². The van der Waals surface area contributed by atoms with Gasteiger partial charge in [-0.05, 0) is 0 Å². The number of nitrogens with two attached hydrogens (primary N) is 1. The summed E-state index contributed by atoms with van der Waals surface area (Å²) in [7, 11) is 1.57. The Balaban J connectivity index is 2.65. The Hall–Kier alpha value is -2.45. The molecular formula is C10H8F3N5O. The zero-order valence-electron chi connectivity index (χ0n) is 9.64. The van der Waals surface area contributed by atoms with E-state index in [2.05, 4.69) is 15.0 Å². The third-order valence-electron chi connectivity index (χ3n) is 2.31. The average molecular weight is 271 g/mol. The second-order valence-electron chi connectivity index (χ2n) is 3.71. The number of imidazole rings is 1. The Morgan fingerprint density at radius 3 is 2.53 bits per heavy atom. The molecule has 0 aromatic carbocycles. The number of halogens is 3. The van der Waals surface area contributed by atoms with E-state index in [1.54, 1.807) is 7.05 Å². The van der Waals surface area contributed by atoms with Crippen molar-refractivity contribution in [2.75, 3.05) is 0 Å². The molecule has 2 heterocycles. The maximum atomic E-state index is 12.7. The fraction of sp³-hybridized carbons (Fsp3) is 0.200. The number of hydrogen-bond acceptors (Lipinski definition) is 4. The summed E-state index contributed by atoms with van der Waals surface area (Å²) in [5.74, 6) is -1.32. The molecule has 9 heteroatoms. The molecule has 0 fully saturated rings. The van der Waals surface area contributed by atoms with Crippen molar-refractivity contribution >= 4 is 5.91 Å². The van der Waals surface area contributed by atoms with Gasteiger partial charge in [-0.1, -0.05) is 0 Å². The van der Waals surface area contributed by atoms with Crippen LogP contribution in [0.25, 0.3) is 11.5 Å². The first-order chi connectivity index (χ1) is 8.79. The van der Waals surface area contributed by atoms with Gasteiger partial charge in [0, 0.05) is 13.1 Å². The lowest BCUT2D eigenvalue weighted by Gasteiger charge is -2.09. The fourth-order valence-electron chi connectivity index (χ4n) is 1.41. The molecule has 2 aromatic heterocycles. The first-order valence-corrected chi connectivity index (χ1v) is 5.02. The van der Waals surface area contributed by atoms with Crippen LogP contribution in [0.1, 0.15) is 16.2 Å². The third kappa shape index (κ3) is 2.54. The van der Waals surface area contributed by atoms with Crippen molar-refractivity contribution in [3.63, 3.8) is 0 Å². The Morgan fingerprint density at radius 2 is 2.05 bits per heavy atom. The van der Waals surface area contributed by atoms with Crippen LogP contribution in [0.2, 0.25) is 0 Å². The molecule has 100 valence electrons. The summed E-state index contributed by atoms with van der Waals surface area (Å²) in [5, 5.41) is 0. The quantitative estimate of drug-likeness (QED) is 0.882. The van der Waals surface area contributed by atoms with Crippen molar-refractivity contribution < 1.29 is 18.0 Å². The lowest BCUT2D eigenvalue weighted by atomic mass is 10.2. The number of aryl methyl sites for hydroxylation is 1. The second-order valence-corrected chi connectivity index (χ2v) is 3.71. The van der Waals surface area contributed by atoms with Crippen LogP contribution < -0.4 is 5.73 Å². The molecule has 0 radical (unpaired) electrons. The fourth-order valence-corrected chi connectivity index (χ4v) is 1.41. The van der Waals surface area contributed by atoms with Gasteiger partial charge in [-0.3, -0.25) is 4.79 Å². The molecule has 0 saturated heterocycles. The minimum atomic E-state index is -4.69. The minimum Gasteiger partial charge on any atom is -0.364 e. The molecule has 0 saturated carbocycles. The van der Waals surface area contributed by atoms with Crippen LogP contribution in [-0.2, 0) is 13.2 Å². The Morgan fingerprint density at radius 1 is 1.37 bits per heavy atom. The summed E-state index contributed by atoms with van der Waals surface area (Å²) in [5.41, 5.74) is 3.48. The molecule has 0 atom stereocenters. The number of carbonyl (C=O) groups excluding carboxylic acids is 1. The maximum absolute atomic E-state index is 12.7. The highest BCUT2D eigenvalue weighted by molar-refractivity contribution is 5.91. The van der Waals surface area contributed by atoms with Crippen molar-refractivity contribution in [3.8, 4) is 11.5 Å². The van der Waals surface area contributed by atoms with Crippen LogP contribution in [0.15, 0.2) is 18.6 Å². The van der Waals surface area contributed by atoms with Gasteiger partial charge in [0.2, 0.25) is 0 Å². The summed E-state index contributed by atoms with van der Waals surface area (Å²) in [6.45, 7) is 0. The zero-order valence-corrected chi connectivity index (χ0v) is 9.64. The normalized spacial score (nSPS) is 11.6. The molecule has 0 aliphatic rings. The van der Waals surface area contributed by atoms with Crippen LogP contribution in [0.5, 0.6) is 0 Å². The molecule has 2 aromatic rings. The number of amides is 1. The van der Waals surface area contributed by atoms with Gasteiger partial charge in [0.1, 0.15) is 17.1 Å². The van der Waals surface area contributed by atoms with E-state index in [0.717, 1.165) is 0 Å². The van der Waals surface area contributed by atoms with Crippen LogP contribution in [0.4, 0.5) is 13.2 Å². The highest BCUT2D eigenvalue weighted by atomic mass is 19.4. The summed E-state index contributed by atoms with van der Waals surface area (Å²) in [4.78, 5) is 21.9. The summed E-state index contributed by atoms with van der Waals surface area (Å²) < 4.78 is 39.5. The van der Waals surface area contributed by atoms with Gasteiger partial charge in [0.25, 0.3) is 5.91 Å². The van der Waals surface area contributed by atoms with E-state index in [1.165, 1.54) is 17.1 Å². The summed E-state index contributed by atoms with van der Waals surface area (Å²) in [6.07, 6.45) is -2.02. The monoisotopic (exact) mass is 271 g/mol. The molecule has 19 heavy (non-hydrogen) atoms. The number of aromatic nitrogens is 4. The number of carbonyl (C=O) groups is 1. The van der Waals surface area contributed by atoms with Crippen LogP contribution in [0.3, 0.4) is 0 Å². The molecule has 0 aliphatic carbocycles. The Kier molecular flexibility index (Phi) is 2.97. The Bertz CT molecular complexity index is 634. The minimum absolute atomic E-state index is 0.244. The topological polar surface area (TPSA) is 86.7 Å². The maximum Gasteiger partial charge on any atom is 0.433 e. The van der Waals surface area contributed by atoms with Crippen LogP contribution >= 0.6 is 0 Å². The van der Waals surface area contributed by atoms with E-state index in [9.17, 15) is 18.0 Å². The van der Waals surface area contributed by atoms with E-state index >= 15 is 0 Å². The predicted octanol–water partition coefficient (Wildman–Crippen LogP) is 0.995. The number of rotatable bonds is 2. The molecule has 2 N–H and O–H groups in total. The SMILES string of the molecule is Cn1cncc1-c1nc(C(N)=O)cc(C(F)(F)F)n1. The van der Waals surface area contributed by atoms with Gasteiger partial charge < -0.3 is 10.3 Å². The predicted molar refractivity (Wildman–Crippen MR) is 57.8 cm³/mol. The lowest BCUT2D eigenvalue weighted by Crippen LogP contribution is -2.18. The lowest BCUT2D eigenvalue weighted by molar-refractivity contribution is -0.141. The summed E-state index contributed by atoms with van der Waals surface area (Å²) >= 11 is 0. The van der Waals surface area contributed by atoms with E-state index in [4.69, 9.17) is 5.73 Å². The van der Waals surface area contributed by atoms with Crippen molar-refractivity contribution in [3.05, 3.63) is 30.0 Å². The number of alkyl halides is 3. The first kappa shape index (κ1) is 13.0. The van der Waals surface area contributed by atoms with Crippen molar-refractivity contribution in [2.24, 2.45) is 12.8 Å². The van der Waals surface area contributed by atoms with Crippen molar-refractivity contribution in [1.82, 2.24) is 19.5 Å². The molecule has 0 bridgehead atoms. The highest BCUT2D eigenvalue weighted by Crippen LogP contribution is 2.29. The number of primary amides is 1. The first-order valence-electron chi connectivity index (χ1n) is 5.02. The Labute approximate surface area is 105 Å².